The van der Waals surface area contributed by atoms with Crippen molar-refractivity contribution >= 4 is 5.78 Å². The van der Waals surface area contributed by atoms with E-state index in [1.54, 1.807) is 0 Å². The number of para-hydroxylation sites is 1. The Kier molecular flexibility index (Phi) is 6.56. The van der Waals surface area contributed by atoms with E-state index >= 15 is 0 Å². The molecule has 0 aliphatic rings. The maximum absolute atomic E-state index is 12.4. The normalized spacial score (nSPS) is 12.0. The summed E-state index contributed by atoms with van der Waals surface area (Å²) in [6.07, 6.45) is 0.499. The highest BCUT2D eigenvalue weighted by Crippen LogP contribution is 2.16. The van der Waals surface area contributed by atoms with Crippen molar-refractivity contribution in [2.45, 2.75) is 40.2 Å². The minimum atomic E-state index is 0.193. The summed E-state index contributed by atoms with van der Waals surface area (Å²) in [5, 5.41) is 3.35. The third-order valence-corrected chi connectivity index (χ3v) is 4.23. The predicted molar refractivity (Wildman–Crippen MR) is 99.0 cm³/mol. The Balaban J connectivity index is 1.77. The van der Waals surface area contributed by atoms with Gasteiger partial charge in [-0.3, -0.25) is 4.79 Å². The van der Waals surface area contributed by atoms with Gasteiger partial charge in [0.15, 0.2) is 5.78 Å². The van der Waals surface area contributed by atoms with E-state index in [4.69, 9.17) is 4.74 Å². The first-order valence-corrected chi connectivity index (χ1v) is 8.49. The van der Waals surface area contributed by atoms with Gasteiger partial charge in [0.2, 0.25) is 0 Å². The van der Waals surface area contributed by atoms with Gasteiger partial charge >= 0.3 is 0 Å². The SMILES string of the molecule is Cc1cc(C)c(C(=O)CCNC(C)COc2ccccc2)cc1C. The van der Waals surface area contributed by atoms with Crippen LogP contribution in [0.2, 0.25) is 0 Å². The molecule has 1 unspecified atom stereocenters. The van der Waals surface area contributed by atoms with Crippen molar-refractivity contribution < 1.29 is 9.53 Å². The van der Waals surface area contributed by atoms with Crippen molar-refractivity contribution in [3.63, 3.8) is 0 Å². The topological polar surface area (TPSA) is 38.3 Å². The van der Waals surface area contributed by atoms with E-state index in [1.807, 2.05) is 50.2 Å². The third-order valence-electron chi connectivity index (χ3n) is 4.23. The lowest BCUT2D eigenvalue weighted by Crippen LogP contribution is -2.33. The molecule has 0 aliphatic heterocycles. The highest BCUT2D eigenvalue weighted by molar-refractivity contribution is 5.97. The number of carbonyl (C=O) groups is 1. The quantitative estimate of drug-likeness (QED) is 0.738. The fraction of sp³-hybridized carbons (Fsp3) is 0.381. The predicted octanol–water partition coefficient (Wildman–Crippen LogP) is 4.24. The van der Waals surface area contributed by atoms with Crippen LogP contribution in [0.1, 0.15) is 40.4 Å². The van der Waals surface area contributed by atoms with Gasteiger partial charge in [0.05, 0.1) is 0 Å². The molecule has 2 aromatic rings. The minimum absolute atomic E-state index is 0.193. The van der Waals surface area contributed by atoms with E-state index in [0.717, 1.165) is 16.9 Å². The second-order valence-electron chi connectivity index (χ2n) is 6.40. The number of aryl methyl sites for hydroxylation is 3. The molecule has 0 aromatic heterocycles. The average molecular weight is 325 g/mol. The lowest BCUT2D eigenvalue weighted by Gasteiger charge is -2.15. The first kappa shape index (κ1) is 18.2. The summed E-state index contributed by atoms with van der Waals surface area (Å²) in [5.41, 5.74) is 4.30. The van der Waals surface area contributed by atoms with Gasteiger partial charge in [-0.25, -0.2) is 0 Å². The number of carbonyl (C=O) groups excluding carboxylic acids is 1. The fourth-order valence-electron chi connectivity index (χ4n) is 2.62. The van der Waals surface area contributed by atoms with Crippen LogP contribution in [-0.4, -0.2) is 25.0 Å². The molecule has 0 aliphatic carbocycles. The molecule has 2 rings (SSSR count). The third kappa shape index (κ3) is 5.20. The van der Waals surface area contributed by atoms with Crippen LogP contribution in [0, 0.1) is 20.8 Å². The van der Waals surface area contributed by atoms with Crippen molar-refractivity contribution in [3.05, 3.63) is 64.7 Å². The largest absolute Gasteiger partial charge is 0.492 e. The van der Waals surface area contributed by atoms with Gasteiger partial charge in [0.1, 0.15) is 12.4 Å². The average Bonchev–Trinajstić information content (AvgIpc) is 2.57. The summed E-state index contributed by atoms with van der Waals surface area (Å²) in [6, 6.07) is 14.1. The summed E-state index contributed by atoms with van der Waals surface area (Å²) < 4.78 is 5.71. The zero-order valence-corrected chi connectivity index (χ0v) is 15.1. The summed E-state index contributed by atoms with van der Waals surface area (Å²) in [6.45, 7) is 9.43. The van der Waals surface area contributed by atoms with Gasteiger partial charge in [-0.05, 0) is 62.6 Å². The maximum Gasteiger partial charge on any atom is 0.164 e. The molecule has 128 valence electrons. The molecule has 3 nitrogen and oxygen atoms in total. The van der Waals surface area contributed by atoms with Crippen molar-refractivity contribution in [1.29, 1.82) is 0 Å². The molecule has 0 fully saturated rings. The molecule has 3 heteroatoms. The smallest absolute Gasteiger partial charge is 0.164 e. The van der Waals surface area contributed by atoms with Crippen molar-refractivity contribution in [1.82, 2.24) is 5.32 Å². The Morgan fingerprint density at radius 2 is 1.71 bits per heavy atom. The van der Waals surface area contributed by atoms with E-state index in [-0.39, 0.29) is 11.8 Å². The lowest BCUT2D eigenvalue weighted by atomic mass is 9.97. The number of ketones is 1. The minimum Gasteiger partial charge on any atom is -0.492 e. The Morgan fingerprint density at radius 1 is 1.04 bits per heavy atom. The highest BCUT2D eigenvalue weighted by Gasteiger charge is 2.11. The molecule has 0 spiro atoms. The number of hydrogen-bond donors (Lipinski definition) is 1. The second kappa shape index (κ2) is 8.65. The van der Waals surface area contributed by atoms with Crippen LogP contribution in [-0.2, 0) is 0 Å². The summed E-state index contributed by atoms with van der Waals surface area (Å²) in [5.74, 6) is 1.06. The Bertz CT molecular complexity index is 680. The maximum atomic E-state index is 12.4. The van der Waals surface area contributed by atoms with Crippen molar-refractivity contribution in [2.75, 3.05) is 13.2 Å². The summed E-state index contributed by atoms with van der Waals surface area (Å²) >= 11 is 0. The molecule has 0 bridgehead atoms. The van der Waals surface area contributed by atoms with Crippen LogP contribution >= 0.6 is 0 Å². The van der Waals surface area contributed by atoms with E-state index in [2.05, 4.69) is 25.2 Å². The number of nitrogens with one attached hydrogen (secondary N) is 1. The van der Waals surface area contributed by atoms with Gasteiger partial charge < -0.3 is 10.1 Å². The second-order valence-corrected chi connectivity index (χ2v) is 6.40. The Labute approximate surface area is 145 Å². The first-order chi connectivity index (χ1) is 11.5. The van der Waals surface area contributed by atoms with E-state index < -0.39 is 0 Å². The van der Waals surface area contributed by atoms with Gasteiger partial charge in [0.25, 0.3) is 0 Å². The molecule has 0 amide bonds. The highest BCUT2D eigenvalue weighted by atomic mass is 16.5. The van der Waals surface area contributed by atoms with E-state index in [0.29, 0.717) is 19.6 Å². The number of rotatable bonds is 8. The Hall–Kier alpha value is -2.13. The van der Waals surface area contributed by atoms with Crippen molar-refractivity contribution in [3.8, 4) is 5.75 Å². The van der Waals surface area contributed by atoms with Gasteiger partial charge in [-0.15, -0.1) is 0 Å². The summed E-state index contributed by atoms with van der Waals surface area (Å²) in [7, 11) is 0. The molecular formula is C21H27NO2. The summed E-state index contributed by atoms with van der Waals surface area (Å²) in [4.78, 5) is 12.4. The van der Waals surface area contributed by atoms with Crippen LogP contribution in [0.25, 0.3) is 0 Å². The van der Waals surface area contributed by atoms with Crippen LogP contribution in [0.15, 0.2) is 42.5 Å². The first-order valence-electron chi connectivity index (χ1n) is 8.49. The molecule has 0 saturated carbocycles. The lowest BCUT2D eigenvalue weighted by molar-refractivity contribution is 0.0980. The number of hydrogen-bond acceptors (Lipinski definition) is 3. The van der Waals surface area contributed by atoms with E-state index in [9.17, 15) is 4.79 Å². The molecular weight excluding hydrogens is 298 g/mol. The van der Waals surface area contributed by atoms with Crippen LogP contribution in [0.3, 0.4) is 0 Å². The zero-order chi connectivity index (χ0) is 17.5. The molecule has 1 N–H and O–H groups in total. The van der Waals surface area contributed by atoms with Gasteiger partial charge in [-0.1, -0.05) is 24.3 Å². The molecule has 0 heterocycles. The van der Waals surface area contributed by atoms with E-state index in [1.165, 1.54) is 11.1 Å². The van der Waals surface area contributed by atoms with Crippen LogP contribution in [0.4, 0.5) is 0 Å². The van der Waals surface area contributed by atoms with Crippen LogP contribution in [0.5, 0.6) is 5.75 Å². The number of ether oxygens (including phenoxy) is 1. The molecule has 24 heavy (non-hydrogen) atoms. The van der Waals surface area contributed by atoms with Gasteiger partial charge in [0, 0.05) is 24.6 Å². The molecule has 1 atom stereocenters. The number of benzene rings is 2. The zero-order valence-electron chi connectivity index (χ0n) is 15.1. The monoisotopic (exact) mass is 325 g/mol. The standard InChI is InChI=1S/C21H27NO2/c1-15-12-17(3)20(13-16(15)2)21(23)10-11-22-18(4)14-24-19-8-6-5-7-9-19/h5-9,12-13,18,22H,10-11,14H2,1-4H3. The Morgan fingerprint density at radius 3 is 2.42 bits per heavy atom. The number of Topliss-reactive ketones (excluding diaryl/α,β-unsaturated/α-hetero) is 1. The molecule has 0 radical (unpaired) electrons. The van der Waals surface area contributed by atoms with Crippen molar-refractivity contribution in [2.24, 2.45) is 0 Å². The molecule has 2 aromatic carbocycles. The fourth-order valence-corrected chi connectivity index (χ4v) is 2.62. The molecule has 0 saturated heterocycles. The van der Waals surface area contributed by atoms with Crippen LogP contribution < -0.4 is 10.1 Å². The van der Waals surface area contributed by atoms with Gasteiger partial charge in [-0.2, -0.15) is 0 Å².